The number of nitrogens with zero attached hydrogens (tertiary/aromatic N) is 6. The van der Waals surface area contributed by atoms with E-state index in [1.807, 2.05) is 31.2 Å². The molecule has 10 heteroatoms. The maximum absolute atomic E-state index is 10.2. The second-order valence-corrected chi connectivity index (χ2v) is 8.62. The third-order valence-corrected chi connectivity index (χ3v) is 5.94. The molecule has 4 N–H and O–H groups in total. The van der Waals surface area contributed by atoms with E-state index in [4.69, 9.17) is 10.5 Å². The lowest BCUT2D eigenvalue weighted by molar-refractivity contribution is 0.174. The summed E-state index contributed by atoms with van der Waals surface area (Å²) >= 11 is 0. The number of nitrogen functional groups attached to an aromatic ring is 1. The molecule has 188 valence electrons. The highest BCUT2D eigenvalue weighted by atomic mass is 16.5. The summed E-state index contributed by atoms with van der Waals surface area (Å²) < 4.78 is 5.12. The number of benzene rings is 1. The molecule has 2 aromatic heterocycles. The molecule has 0 saturated carbocycles. The van der Waals surface area contributed by atoms with Crippen molar-refractivity contribution >= 4 is 17.3 Å². The first-order chi connectivity index (χ1) is 17.5. The Morgan fingerprint density at radius 2 is 1.94 bits per heavy atom. The number of aromatic nitrogens is 4. The Balaban J connectivity index is 1.43. The van der Waals surface area contributed by atoms with Crippen LogP contribution in [0.25, 0.3) is 11.3 Å². The zero-order valence-electron chi connectivity index (χ0n) is 20.7. The van der Waals surface area contributed by atoms with Crippen molar-refractivity contribution in [3.8, 4) is 28.8 Å². The van der Waals surface area contributed by atoms with Gasteiger partial charge in [-0.25, -0.2) is 9.97 Å². The van der Waals surface area contributed by atoms with Gasteiger partial charge >= 0.3 is 0 Å². The summed E-state index contributed by atoms with van der Waals surface area (Å²) in [7, 11) is 1.68. The Kier molecular flexibility index (Phi) is 8.49. The summed E-state index contributed by atoms with van der Waals surface area (Å²) in [5.41, 5.74) is 8.23. The largest absolute Gasteiger partial charge is 0.507 e. The molecule has 0 bridgehead atoms. The minimum Gasteiger partial charge on any atom is -0.507 e. The van der Waals surface area contributed by atoms with Gasteiger partial charge in [0.2, 0.25) is 5.82 Å². The van der Waals surface area contributed by atoms with Crippen molar-refractivity contribution in [1.29, 1.82) is 0 Å². The van der Waals surface area contributed by atoms with Gasteiger partial charge in [-0.1, -0.05) is 18.1 Å². The number of aromatic hydroxyl groups is 1. The molecule has 1 aliphatic heterocycles. The van der Waals surface area contributed by atoms with Crippen molar-refractivity contribution in [2.24, 2.45) is 0 Å². The van der Waals surface area contributed by atoms with Crippen LogP contribution in [0.3, 0.4) is 0 Å². The van der Waals surface area contributed by atoms with E-state index in [0.717, 1.165) is 44.1 Å². The quantitative estimate of drug-likeness (QED) is 0.425. The Morgan fingerprint density at radius 1 is 1.14 bits per heavy atom. The normalized spacial score (nSPS) is 14.6. The van der Waals surface area contributed by atoms with E-state index in [1.54, 1.807) is 25.4 Å². The maximum Gasteiger partial charge on any atom is 0.206 e. The van der Waals surface area contributed by atoms with Gasteiger partial charge in [-0.2, -0.15) is 0 Å². The Labute approximate surface area is 211 Å². The predicted molar refractivity (Wildman–Crippen MR) is 141 cm³/mol. The third kappa shape index (κ3) is 6.38. The molecule has 36 heavy (non-hydrogen) atoms. The number of anilines is 3. The first-order valence-corrected chi connectivity index (χ1v) is 12.0. The van der Waals surface area contributed by atoms with Crippen molar-refractivity contribution in [2.75, 3.05) is 62.0 Å². The van der Waals surface area contributed by atoms with Crippen molar-refractivity contribution in [3.63, 3.8) is 0 Å². The van der Waals surface area contributed by atoms with Crippen LogP contribution < -0.4 is 20.9 Å². The van der Waals surface area contributed by atoms with Crippen molar-refractivity contribution in [3.05, 3.63) is 48.4 Å². The van der Waals surface area contributed by atoms with Crippen LogP contribution in [0.5, 0.6) is 5.75 Å². The number of phenols is 1. The summed E-state index contributed by atoms with van der Waals surface area (Å²) in [6, 6.07) is 11.1. The average molecular weight is 489 g/mol. The number of para-hydroxylation sites is 1. The van der Waals surface area contributed by atoms with E-state index in [9.17, 15) is 5.11 Å². The zero-order chi connectivity index (χ0) is 25.3. The first-order valence-electron chi connectivity index (χ1n) is 12.0. The smallest absolute Gasteiger partial charge is 0.206 e. The van der Waals surface area contributed by atoms with E-state index in [1.165, 1.54) is 0 Å². The Morgan fingerprint density at radius 3 is 2.78 bits per heavy atom. The fourth-order valence-electron chi connectivity index (χ4n) is 4.10. The number of hydrogen-bond acceptors (Lipinski definition) is 10. The first kappa shape index (κ1) is 25.2. The van der Waals surface area contributed by atoms with E-state index in [0.29, 0.717) is 36.1 Å². The van der Waals surface area contributed by atoms with E-state index in [2.05, 4.69) is 47.1 Å². The van der Waals surface area contributed by atoms with E-state index < -0.39 is 0 Å². The highest BCUT2D eigenvalue weighted by Crippen LogP contribution is 2.31. The second kappa shape index (κ2) is 12.2. The van der Waals surface area contributed by atoms with Crippen molar-refractivity contribution in [2.45, 2.75) is 19.4 Å². The standard InChI is InChI=1S/C26H32N8O2/c1-19(18-36-2)28-11-5-9-24-29-12-10-25(30-24)34-14-6-13-33(15-16-34)22-17-21(31-32-26(22)27)20-7-3-4-8-23(20)35/h3-4,7-8,10,12,17,19,28,35H,6,11,13-16,18H2,1-2H3,(H2,27,32). The van der Waals surface area contributed by atoms with Crippen LogP contribution in [0.15, 0.2) is 42.6 Å². The van der Waals surface area contributed by atoms with Gasteiger partial charge in [0.1, 0.15) is 11.6 Å². The number of nitrogens with two attached hydrogens (primary N) is 1. The molecule has 4 rings (SSSR count). The molecule has 3 heterocycles. The van der Waals surface area contributed by atoms with E-state index >= 15 is 0 Å². The van der Waals surface area contributed by atoms with Crippen LogP contribution in [-0.4, -0.2) is 77.8 Å². The third-order valence-electron chi connectivity index (χ3n) is 5.94. The van der Waals surface area contributed by atoms with Gasteiger partial charge in [-0.3, -0.25) is 0 Å². The molecular weight excluding hydrogens is 456 g/mol. The number of hydrogen-bond donors (Lipinski definition) is 3. The molecule has 1 saturated heterocycles. The van der Waals surface area contributed by atoms with Crippen LogP contribution in [0, 0.1) is 11.8 Å². The number of ether oxygens (including phenoxy) is 1. The predicted octanol–water partition coefficient (Wildman–Crippen LogP) is 1.91. The molecular formula is C26H32N8O2. The highest BCUT2D eigenvalue weighted by Gasteiger charge is 2.20. The summed E-state index contributed by atoms with van der Waals surface area (Å²) in [6.45, 7) is 6.39. The summed E-state index contributed by atoms with van der Waals surface area (Å²) in [4.78, 5) is 13.4. The number of nitrogens with one attached hydrogen (secondary N) is 1. The molecule has 3 aromatic rings. The lowest BCUT2D eigenvalue weighted by atomic mass is 10.1. The fraction of sp³-hybridized carbons (Fsp3) is 0.385. The van der Waals surface area contributed by atoms with E-state index in [-0.39, 0.29) is 11.8 Å². The van der Waals surface area contributed by atoms with Gasteiger partial charge < -0.3 is 30.7 Å². The fourth-order valence-corrected chi connectivity index (χ4v) is 4.10. The van der Waals surface area contributed by atoms with Crippen LogP contribution >= 0.6 is 0 Å². The second-order valence-electron chi connectivity index (χ2n) is 8.62. The molecule has 0 aliphatic carbocycles. The topological polar surface area (TPSA) is 126 Å². The molecule has 10 nitrogen and oxygen atoms in total. The lowest BCUT2D eigenvalue weighted by Gasteiger charge is -2.25. The highest BCUT2D eigenvalue weighted by molar-refractivity contribution is 5.74. The van der Waals surface area contributed by atoms with Gasteiger partial charge in [0.25, 0.3) is 0 Å². The molecule has 1 aliphatic rings. The summed E-state index contributed by atoms with van der Waals surface area (Å²) in [6.07, 6.45) is 2.67. The van der Waals surface area contributed by atoms with Crippen LogP contribution in [0.4, 0.5) is 17.3 Å². The Hall–Kier alpha value is -3.94. The number of methoxy groups -OCH3 is 1. The van der Waals surface area contributed by atoms with Gasteiger partial charge in [0.05, 0.1) is 24.5 Å². The number of rotatable bonds is 7. The monoisotopic (exact) mass is 488 g/mol. The molecule has 0 amide bonds. The maximum atomic E-state index is 10.2. The molecule has 1 atom stereocenters. The van der Waals surface area contributed by atoms with Gasteiger partial charge in [-0.15, -0.1) is 10.2 Å². The minimum absolute atomic E-state index is 0.160. The SMILES string of the molecule is COCC(C)NCC#Cc1nccc(N2CCCN(c3cc(-c4ccccc4O)nnc3N)CC2)n1. The minimum atomic E-state index is 0.160. The Bertz CT molecular complexity index is 1230. The summed E-state index contributed by atoms with van der Waals surface area (Å²) in [5, 5.41) is 21.9. The zero-order valence-corrected chi connectivity index (χ0v) is 20.7. The molecule has 0 spiro atoms. The number of phenolic OH excluding ortho intramolecular Hbond substituents is 1. The molecule has 1 unspecified atom stereocenters. The molecule has 1 aromatic carbocycles. The lowest BCUT2D eigenvalue weighted by Crippen LogP contribution is -2.32. The molecule has 1 fully saturated rings. The molecule has 0 radical (unpaired) electrons. The van der Waals surface area contributed by atoms with Crippen molar-refractivity contribution < 1.29 is 9.84 Å². The van der Waals surface area contributed by atoms with Gasteiger partial charge in [0.15, 0.2) is 5.82 Å². The van der Waals surface area contributed by atoms with Crippen LogP contribution in [0.1, 0.15) is 19.2 Å². The average Bonchev–Trinajstić information content (AvgIpc) is 3.14. The van der Waals surface area contributed by atoms with Gasteiger partial charge in [-0.05, 0) is 43.5 Å². The van der Waals surface area contributed by atoms with Crippen LogP contribution in [-0.2, 0) is 4.74 Å². The van der Waals surface area contributed by atoms with Crippen molar-refractivity contribution in [1.82, 2.24) is 25.5 Å². The van der Waals surface area contributed by atoms with Crippen LogP contribution in [0.2, 0.25) is 0 Å². The summed E-state index contributed by atoms with van der Waals surface area (Å²) in [5.74, 6) is 8.01. The van der Waals surface area contributed by atoms with Gasteiger partial charge in [0, 0.05) is 51.1 Å².